The average molecular weight is 387 g/mol. The van der Waals surface area contributed by atoms with Crippen LogP contribution >= 0.6 is 24.0 Å². The summed E-state index contributed by atoms with van der Waals surface area (Å²) in [6, 6.07) is 6.52. The maximum atomic E-state index is 5.90. The minimum atomic E-state index is 0. The zero-order chi connectivity index (χ0) is 13.5. The van der Waals surface area contributed by atoms with Crippen molar-refractivity contribution in [3.05, 3.63) is 29.3 Å². The maximum Gasteiger partial charge on any atom is 0.193 e. The molecule has 0 spiro atoms. The third-order valence-electron chi connectivity index (χ3n) is 3.66. The topological polar surface area (TPSA) is 50.4 Å². The smallest absolute Gasteiger partial charge is 0.193 e. The Morgan fingerprint density at radius 3 is 2.80 bits per heavy atom. The lowest BCUT2D eigenvalue weighted by atomic mass is 10.1. The highest BCUT2D eigenvalue weighted by Gasteiger charge is 2.10. The third kappa shape index (κ3) is 5.31. The Balaban J connectivity index is 0.00000200. The van der Waals surface area contributed by atoms with Gasteiger partial charge in [0.05, 0.1) is 0 Å². The minimum absolute atomic E-state index is 0. The molecule has 0 aromatic heterocycles. The number of fused-ring (bicyclic) bond motifs is 1. The molecule has 1 aromatic rings. The number of aliphatic imine (C=N–C) groups is 1. The number of nitrogens with two attached hydrogens (primary N) is 1. The first-order valence-electron chi connectivity index (χ1n) is 7.48. The lowest BCUT2D eigenvalue weighted by Gasteiger charge is -2.08. The second-order valence-electron chi connectivity index (χ2n) is 5.29. The Hall–Kier alpha value is -0.780. The summed E-state index contributed by atoms with van der Waals surface area (Å²) in [5.41, 5.74) is 9.92. The van der Waals surface area contributed by atoms with Gasteiger partial charge in [-0.05, 0) is 48.9 Å². The molecule has 0 heterocycles. The number of anilines is 1. The molecule has 112 valence electrons. The summed E-state index contributed by atoms with van der Waals surface area (Å²) >= 11 is 0. The second kappa shape index (κ2) is 9.21. The van der Waals surface area contributed by atoms with E-state index < -0.39 is 0 Å². The molecule has 0 radical (unpaired) electrons. The van der Waals surface area contributed by atoms with E-state index in [1.54, 1.807) is 0 Å². The van der Waals surface area contributed by atoms with Crippen LogP contribution in [0.15, 0.2) is 23.2 Å². The summed E-state index contributed by atoms with van der Waals surface area (Å²) in [5, 5.41) is 3.19. The van der Waals surface area contributed by atoms with Gasteiger partial charge in [-0.2, -0.15) is 0 Å². The molecule has 1 aromatic carbocycles. The number of nitrogens with one attached hydrogen (secondary N) is 1. The van der Waals surface area contributed by atoms with Crippen LogP contribution < -0.4 is 11.1 Å². The van der Waals surface area contributed by atoms with E-state index in [-0.39, 0.29) is 24.0 Å². The number of rotatable bonds is 6. The van der Waals surface area contributed by atoms with Crippen molar-refractivity contribution in [2.24, 2.45) is 10.7 Å². The number of hydrogen-bond acceptors (Lipinski definition) is 1. The normalized spacial score (nSPS) is 13.8. The molecule has 0 unspecified atom stereocenters. The number of aryl methyl sites for hydroxylation is 2. The first-order chi connectivity index (χ1) is 9.29. The van der Waals surface area contributed by atoms with Gasteiger partial charge < -0.3 is 11.1 Å². The van der Waals surface area contributed by atoms with Gasteiger partial charge in [-0.25, -0.2) is 0 Å². The lowest BCUT2D eigenvalue weighted by Crippen LogP contribution is -2.22. The molecule has 0 saturated heterocycles. The molecule has 2 rings (SSSR count). The van der Waals surface area contributed by atoms with Crippen LogP contribution in [0.2, 0.25) is 0 Å². The van der Waals surface area contributed by atoms with Crippen LogP contribution in [0.1, 0.15) is 50.2 Å². The number of halogens is 1. The van der Waals surface area contributed by atoms with Crippen molar-refractivity contribution in [1.29, 1.82) is 0 Å². The van der Waals surface area contributed by atoms with Gasteiger partial charge in [-0.1, -0.05) is 32.3 Å². The van der Waals surface area contributed by atoms with E-state index in [9.17, 15) is 0 Å². The number of unbranched alkanes of at least 4 members (excludes halogenated alkanes) is 3. The Morgan fingerprint density at radius 2 is 2.00 bits per heavy atom. The Morgan fingerprint density at radius 1 is 1.20 bits per heavy atom. The quantitative estimate of drug-likeness (QED) is 0.334. The Labute approximate surface area is 139 Å². The predicted octanol–water partition coefficient (Wildman–Crippen LogP) is 4.10. The van der Waals surface area contributed by atoms with Crippen LogP contribution in [0, 0.1) is 0 Å². The van der Waals surface area contributed by atoms with Crippen LogP contribution in [0.4, 0.5) is 5.69 Å². The van der Waals surface area contributed by atoms with E-state index in [4.69, 9.17) is 5.73 Å². The summed E-state index contributed by atoms with van der Waals surface area (Å²) in [5.74, 6) is 0.537. The molecule has 0 aliphatic heterocycles. The van der Waals surface area contributed by atoms with Crippen LogP contribution in [0.5, 0.6) is 0 Å². The number of benzene rings is 1. The van der Waals surface area contributed by atoms with E-state index in [0.717, 1.165) is 18.7 Å². The molecule has 4 heteroatoms. The van der Waals surface area contributed by atoms with Crippen molar-refractivity contribution in [1.82, 2.24) is 0 Å². The van der Waals surface area contributed by atoms with Crippen molar-refractivity contribution in [2.45, 2.75) is 51.9 Å². The number of guanidine groups is 1. The molecular formula is C16H26IN3. The van der Waals surface area contributed by atoms with Gasteiger partial charge in [0.2, 0.25) is 0 Å². The van der Waals surface area contributed by atoms with Gasteiger partial charge in [0.15, 0.2) is 5.96 Å². The molecule has 3 N–H and O–H groups in total. The van der Waals surface area contributed by atoms with Gasteiger partial charge in [0, 0.05) is 12.2 Å². The fourth-order valence-corrected chi connectivity index (χ4v) is 2.58. The molecule has 0 fully saturated rings. The molecule has 0 amide bonds. The number of nitrogens with zero attached hydrogens (tertiary/aromatic N) is 1. The molecule has 0 atom stereocenters. The van der Waals surface area contributed by atoms with E-state index in [0.29, 0.717) is 5.96 Å². The highest BCUT2D eigenvalue weighted by molar-refractivity contribution is 14.0. The second-order valence-corrected chi connectivity index (χ2v) is 5.29. The van der Waals surface area contributed by atoms with Crippen LogP contribution in [0.3, 0.4) is 0 Å². The van der Waals surface area contributed by atoms with Crippen molar-refractivity contribution in [3.8, 4) is 0 Å². The molecular weight excluding hydrogens is 361 g/mol. The molecule has 1 aliphatic rings. The Kier molecular flexibility index (Phi) is 7.95. The first kappa shape index (κ1) is 17.3. The van der Waals surface area contributed by atoms with E-state index in [1.165, 1.54) is 49.7 Å². The van der Waals surface area contributed by atoms with Crippen LogP contribution in [-0.2, 0) is 12.8 Å². The lowest BCUT2D eigenvalue weighted by molar-refractivity contribution is 0.675. The van der Waals surface area contributed by atoms with Gasteiger partial charge >= 0.3 is 0 Å². The van der Waals surface area contributed by atoms with Crippen molar-refractivity contribution in [3.63, 3.8) is 0 Å². The van der Waals surface area contributed by atoms with Crippen molar-refractivity contribution >= 4 is 35.6 Å². The van der Waals surface area contributed by atoms with E-state index in [2.05, 4.69) is 35.4 Å². The third-order valence-corrected chi connectivity index (χ3v) is 3.66. The summed E-state index contributed by atoms with van der Waals surface area (Å²) in [6.45, 7) is 3.04. The highest BCUT2D eigenvalue weighted by atomic mass is 127. The van der Waals surface area contributed by atoms with Crippen molar-refractivity contribution in [2.75, 3.05) is 11.9 Å². The standard InChI is InChI=1S/C16H25N3.HI/c1-2-3-4-5-11-18-16(17)19-15-10-9-13-7-6-8-14(13)12-15;/h9-10,12H,2-8,11H2,1H3,(H3,17,18,19);1H. The average Bonchev–Trinajstić information content (AvgIpc) is 2.86. The highest BCUT2D eigenvalue weighted by Crippen LogP contribution is 2.24. The molecule has 20 heavy (non-hydrogen) atoms. The maximum absolute atomic E-state index is 5.90. The summed E-state index contributed by atoms with van der Waals surface area (Å²) in [6.07, 6.45) is 8.60. The molecule has 0 bridgehead atoms. The monoisotopic (exact) mass is 387 g/mol. The van der Waals surface area contributed by atoms with Gasteiger partial charge in [0.1, 0.15) is 0 Å². The zero-order valence-electron chi connectivity index (χ0n) is 12.3. The van der Waals surface area contributed by atoms with E-state index in [1.807, 2.05) is 0 Å². The fourth-order valence-electron chi connectivity index (χ4n) is 2.58. The number of hydrogen-bond donors (Lipinski definition) is 2. The van der Waals surface area contributed by atoms with Crippen molar-refractivity contribution < 1.29 is 0 Å². The molecule has 0 saturated carbocycles. The Bertz CT molecular complexity index is 443. The van der Waals surface area contributed by atoms with Gasteiger partial charge in [-0.15, -0.1) is 24.0 Å². The first-order valence-corrected chi connectivity index (χ1v) is 7.48. The van der Waals surface area contributed by atoms with E-state index >= 15 is 0 Å². The molecule has 3 nitrogen and oxygen atoms in total. The fraction of sp³-hybridized carbons (Fsp3) is 0.562. The van der Waals surface area contributed by atoms with Gasteiger partial charge in [0.25, 0.3) is 0 Å². The predicted molar refractivity (Wildman–Crippen MR) is 98.1 cm³/mol. The summed E-state index contributed by atoms with van der Waals surface area (Å²) in [7, 11) is 0. The SMILES string of the molecule is CCCCCCN=C(N)Nc1ccc2c(c1)CCC2.I. The summed E-state index contributed by atoms with van der Waals surface area (Å²) < 4.78 is 0. The summed E-state index contributed by atoms with van der Waals surface area (Å²) in [4.78, 5) is 4.37. The van der Waals surface area contributed by atoms with Crippen LogP contribution in [0.25, 0.3) is 0 Å². The minimum Gasteiger partial charge on any atom is -0.370 e. The zero-order valence-corrected chi connectivity index (χ0v) is 14.7. The molecule has 1 aliphatic carbocycles. The van der Waals surface area contributed by atoms with Gasteiger partial charge in [-0.3, -0.25) is 4.99 Å². The largest absolute Gasteiger partial charge is 0.370 e. The van der Waals surface area contributed by atoms with Crippen LogP contribution in [-0.4, -0.2) is 12.5 Å².